The fourth-order valence-electron chi connectivity index (χ4n) is 3.15. The molecule has 1 aliphatic heterocycles. The lowest BCUT2D eigenvalue weighted by Gasteiger charge is -2.19. The van der Waals surface area contributed by atoms with E-state index in [4.69, 9.17) is 0 Å². The molecule has 0 radical (unpaired) electrons. The lowest BCUT2D eigenvalue weighted by atomic mass is 10.1. The van der Waals surface area contributed by atoms with Crippen LogP contribution >= 0.6 is 0 Å². The first-order valence-corrected chi connectivity index (χ1v) is 8.71. The number of hydrogen-bond acceptors (Lipinski definition) is 4. The number of Topliss-reactive ketones (excluding diaryl/α,β-unsaturated/α-hetero) is 1. The van der Waals surface area contributed by atoms with E-state index >= 15 is 0 Å². The highest BCUT2D eigenvalue weighted by Crippen LogP contribution is 2.25. The maximum absolute atomic E-state index is 12.5. The summed E-state index contributed by atoms with van der Waals surface area (Å²) in [5.74, 6) is -1.43. The molecule has 0 aromatic heterocycles. The molecule has 2 unspecified atom stereocenters. The Morgan fingerprint density at radius 1 is 1.04 bits per heavy atom. The molecule has 2 aromatic carbocycles. The summed E-state index contributed by atoms with van der Waals surface area (Å²) in [5.41, 5.74) is 1.12. The van der Waals surface area contributed by atoms with E-state index in [2.05, 4.69) is 11.4 Å². The van der Waals surface area contributed by atoms with Gasteiger partial charge in [0.15, 0.2) is 5.78 Å². The van der Waals surface area contributed by atoms with Crippen LogP contribution in [0, 0.1) is 17.2 Å². The van der Waals surface area contributed by atoms with Crippen LogP contribution in [0.5, 0.6) is 0 Å². The molecule has 3 rings (SSSR count). The summed E-state index contributed by atoms with van der Waals surface area (Å²) in [5, 5.41) is 12.2. The summed E-state index contributed by atoms with van der Waals surface area (Å²) < 4.78 is 0. The third-order valence-electron chi connectivity index (χ3n) is 4.59. The van der Waals surface area contributed by atoms with Crippen molar-refractivity contribution in [2.24, 2.45) is 5.92 Å². The van der Waals surface area contributed by atoms with E-state index in [1.54, 1.807) is 42.5 Å². The van der Waals surface area contributed by atoms with Crippen LogP contribution in [0.2, 0.25) is 0 Å². The zero-order valence-electron chi connectivity index (χ0n) is 14.7. The van der Waals surface area contributed by atoms with Crippen LogP contribution in [0.4, 0.5) is 5.69 Å². The molecule has 0 bridgehead atoms. The van der Waals surface area contributed by atoms with Crippen molar-refractivity contribution >= 4 is 23.3 Å². The number of likely N-dealkylation sites (tertiary alicyclic amines) is 1. The number of amides is 2. The largest absolute Gasteiger partial charge is 0.326 e. The second-order valence-electron chi connectivity index (χ2n) is 6.44. The van der Waals surface area contributed by atoms with Gasteiger partial charge in [0, 0.05) is 17.8 Å². The van der Waals surface area contributed by atoms with Crippen molar-refractivity contribution in [1.29, 1.82) is 5.26 Å². The summed E-state index contributed by atoms with van der Waals surface area (Å²) in [4.78, 5) is 38.6. The van der Waals surface area contributed by atoms with Crippen molar-refractivity contribution in [3.63, 3.8) is 0 Å². The number of para-hydroxylation sites is 1. The third-order valence-corrected chi connectivity index (χ3v) is 4.59. The Labute approximate surface area is 157 Å². The van der Waals surface area contributed by atoms with Crippen LogP contribution in [0.3, 0.4) is 0 Å². The van der Waals surface area contributed by atoms with Gasteiger partial charge < -0.3 is 10.2 Å². The maximum atomic E-state index is 12.5. The molecule has 136 valence electrons. The number of nitrogens with one attached hydrogen (secondary N) is 1. The first kappa shape index (κ1) is 18.3. The molecule has 6 heteroatoms. The van der Waals surface area contributed by atoms with E-state index in [1.165, 1.54) is 4.90 Å². The smallest absolute Gasteiger partial charge is 0.231 e. The van der Waals surface area contributed by atoms with Gasteiger partial charge in [-0.25, -0.2) is 0 Å². The normalized spacial score (nSPS) is 18.6. The standard InChI is InChI=1S/C21H19N3O3/c22-13-18-11-16(21(27)23-17-9-5-2-6-10-17)14-24(18)20(26)12-19(25)15-7-3-1-4-8-15/h1-10,16,18H,11-12,14H2,(H,23,27). The van der Waals surface area contributed by atoms with Gasteiger partial charge >= 0.3 is 0 Å². The van der Waals surface area contributed by atoms with Gasteiger partial charge in [-0.15, -0.1) is 0 Å². The Morgan fingerprint density at radius 2 is 1.67 bits per heavy atom. The molecule has 1 heterocycles. The van der Waals surface area contributed by atoms with E-state index in [0.29, 0.717) is 11.3 Å². The van der Waals surface area contributed by atoms with Crippen molar-refractivity contribution in [3.8, 4) is 6.07 Å². The average molecular weight is 361 g/mol. The highest BCUT2D eigenvalue weighted by atomic mass is 16.2. The second-order valence-corrected chi connectivity index (χ2v) is 6.44. The van der Waals surface area contributed by atoms with Gasteiger partial charge in [-0.1, -0.05) is 48.5 Å². The number of carbonyl (C=O) groups is 3. The number of anilines is 1. The van der Waals surface area contributed by atoms with Crippen LogP contribution in [0.1, 0.15) is 23.2 Å². The minimum absolute atomic E-state index is 0.137. The zero-order chi connectivity index (χ0) is 19.2. The van der Waals surface area contributed by atoms with E-state index < -0.39 is 17.9 Å². The monoisotopic (exact) mass is 361 g/mol. The molecule has 6 nitrogen and oxygen atoms in total. The van der Waals surface area contributed by atoms with Crippen LogP contribution in [-0.2, 0) is 9.59 Å². The summed E-state index contributed by atoms with van der Waals surface area (Å²) in [6.45, 7) is 0.137. The van der Waals surface area contributed by atoms with Crippen LogP contribution in [0.25, 0.3) is 0 Å². The molecule has 2 amide bonds. The summed E-state index contributed by atoms with van der Waals surface area (Å²) >= 11 is 0. The first-order chi connectivity index (χ1) is 13.1. The van der Waals surface area contributed by atoms with Gasteiger partial charge in [0.1, 0.15) is 6.04 Å². The topological polar surface area (TPSA) is 90.3 Å². The number of hydrogen-bond donors (Lipinski definition) is 1. The van der Waals surface area contributed by atoms with E-state index in [1.807, 2.05) is 18.2 Å². The fraction of sp³-hybridized carbons (Fsp3) is 0.238. The minimum Gasteiger partial charge on any atom is -0.326 e. The Balaban J connectivity index is 1.63. The molecule has 1 aliphatic rings. The van der Waals surface area contributed by atoms with Crippen molar-refractivity contribution < 1.29 is 14.4 Å². The number of rotatable bonds is 5. The molecule has 1 N–H and O–H groups in total. The molecular formula is C21H19N3O3. The highest BCUT2D eigenvalue weighted by Gasteiger charge is 2.39. The lowest BCUT2D eigenvalue weighted by Crippen LogP contribution is -2.36. The molecule has 0 aliphatic carbocycles. The molecule has 1 fully saturated rings. The van der Waals surface area contributed by atoms with E-state index in [9.17, 15) is 19.6 Å². The van der Waals surface area contributed by atoms with Crippen molar-refractivity contribution in [1.82, 2.24) is 4.90 Å². The van der Waals surface area contributed by atoms with Gasteiger partial charge in [-0.2, -0.15) is 5.26 Å². The quantitative estimate of drug-likeness (QED) is 0.655. The van der Waals surface area contributed by atoms with Gasteiger partial charge in [0.05, 0.1) is 18.4 Å². The van der Waals surface area contributed by atoms with Gasteiger partial charge in [-0.3, -0.25) is 14.4 Å². The van der Waals surface area contributed by atoms with Gasteiger partial charge in [0.25, 0.3) is 0 Å². The van der Waals surface area contributed by atoms with Crippen molar-refractivity contribution in [2.75, 3.05) is 11.9 Å². The number of nitriles is 1. The number of benzene rings is 2. The van der Waals surface area contributed by atoms with Crippen LogP contribution in [0.15, 0.2) is 60.7 Å². The lowest BCUT2D eigenvalue weighted by molar-refractivity contribution is -0.130. The SMILES string of the molecule is N#CC1CC(C(=O)Nc2ccccc2)CN1C(=O)CC(=O)c1ccccc1. The van der Waals surface area contributed by atoms with E-state index in [0.717, 1.165) is 0 Å². The minimum atomic E-state index is -0.701. The Hall–Kier alpha value is -3.46. The fourth-order valence-corrected chi connectivity index (χ4v) is 3.15. The molecule has 2 aromatic rings. The van der Waals surface area contributed by atoms with Crippen LogP contribution in [-0.4, -0.2) is 35.1 Å². The number of carbonyl (C=O) groups excluding carboxylic acids is 3. The van der Waals surface area contributed by atoms with Crippen molar-refractivity contribution in [3.05, 3.63) is 66.2 Å². The predicted molar refractivity (Wildman–Crippen MR) is 99.7 cm³/mol. The average Bonchev–Trinajstić information content (AvgIpc) is 3.14. The summed E-state index contributed by atoms with van der Waals surface area (Å²) in [6.07, 6.45) is -0.0460. The molecular weight excluding hydrogens is 342 g/mol. The Bertz CT molecular complexity index is 875. The Morgan fingerprint density at radius 3 is 2.30 bits per heavy atom. The molecule has 0 saturated carbocycles. The van der Waals surface area contributed by atoms with Gasteiger partial charge in [0.2, 0.25) is 11.8 Å². The maximum Gasteiger partial charge on any atom is 0.231 e. The zero-order valence-corrected chi connectivity index (χ0v) is 14.7. The molecule has 0 spiro atoms. The second kappa shape index (κ2) is 8.28. The van der Waals surface area contributed by atoms with Gasteiger partial charge in [-0.05, 0) is 18.6 Å². The van der Waals surface area contributed by atoms with Crippen molar-refractivity contribution in [2.45, 2.75) is 18.9 Å². The number of nitrogens with zero attached hydrogens (tertiary/aromatic N) is 2. The third kappa shape index (κ3) is 4.39. The molecule has 27 heavy (non-hydrogen) atoms. The first-order valence-electron chi connectivity index (χ1n) is 8.71. The highest BCUT2D eigenvalue weighted by molar-refractivity contribution is 6.07. The summed E-state index contributed by atoms with van der Waals surface area (Å²) in [7, 11) is 0. The Kier molecular flexibility index (Phi) is 5.62. The van der Waals surface area contributed by atoms with Crippen LogP contribution < -0.4 is 5.32 Å². The molecule has 1 saturated heterocycles. The summed E-state index contributed by atoms with van der Waals surface area (Å²) in [6, 6.07) is 18.9. The van der Waals surface area contributed by atoms with E-state index in [-0.39, 0.29) is 31.1 Å². The molecule has 2 atom stereocenters. The number of ketones is 1. The predicted octanol–water partition coefficient (Wildman–Crippen LogP) is 2.64.